The second kappa shape index (κ2) is 10.0. The summed E-state index contributed by atoms with van der Waals surface area (Å²) in [6.07, 6.45) is 0. The Balaban J connectivity index is 1.04. The van der Waals surface area contributed by atoms with E-state index < -0.39 is 0 Å². The molecule has 48 heavy (non-hydrogen) atoms. The van der Waals surface area contributed by atoms with Crippen molar-refractivity contribution in [3.63, 3.8) is 0 Å². The average molecular weight is 613 g/mol. The Morgan fingerprint density at radius 1 is 0.375 bits per heavy atom. The predicted molar refractivity (Wildman–Crippen MR) is 201 cm³/mol. The fourth-order valence-electron chi connectivity index (χ4n) is 8.19. The molecular weight excluding hydrogens is 581 g/mol. The molecule has 0 saturated heterocycles. The minimum absolute atomic E-state index is 0.0172. The van der Waals surface area contributed by atoms with Gasteiger partial charge in [-0.05, 0) is 114 Å². The second-order valence-electron chi connectivity index (χ2n) is 13.7. The van der Waals surface area contributed by atoms with Gasteiger partial charge in [0.05, 0.1) is 0 Å². The van der Waals surface area contributed by atoms with Gasteiger partial charge in [-0.3, -0.25) is 0 Å². The summed E-state index contributed by atoms with van der Waals surface area (Å²) in [5, 5.41) is 4.83. The van der Waals surface area contributed by atoms with Gasteiger partial charge in [-0.25, -0.2) is 0 Å². The van der Waals surface area contributed by atoms with Crippen LogP contribution in [0.1, 0.15) is 25.0 Å². The summed E-state index contributed by atoms with van der Waals surface area (Å²) in [5.41, 5.74) is 15.2. The minimum Gasteiger partial charge on any atom is -0.456 e. The van der Waals surface area contributed by atoms with E-state index in [1.807, 2.05) is 6.07 Å². The largest absolute Gasteiger partial charge is 0.456 e. The molecule has 1 nitrogen and oxygen atoms in total. The molecule has 8 aromatic carbocycles. The maximum atomic E-state index is 6.43. The average Bonchev–Trinajstić information content (AvgIpc) is 3.37. The lowest BCUT2D eigenvalue weighted by atomic mass is 9.81. The van der Waals surface area contributed by atoms with Crippen LogP contribution < -0.4 is 4.74 Å². The molecule has 0 N–H and O–H groups in total. The fraction of sp³-hybridized carbons (Fsp3) is 0.0638. The Morgan fingerprint density at radius 3 is 1.73 bits per heavy atom. The smallest absolute Gasteiger partial charge is 0.136 e. The zero-order valence-electron chi connectivity index (χ0n) is 26.9. The topological polar surface area (TPSA) is 9.23 Å². The van der Waals surface area contributed by atoms with E-state index in [-0.39, 0.29) is 5.41 Å². The van der Waals surface area contributed by atoms with Crippen molar-refractivity contribution in [2.24, 2.45) is 0 Å². The maximum Gasteiger partial charge on any atom is 0.136 e. The van der Waals surface area contributed by atoms with Gasteiger partial charge in [0.25, 0.3) is 0 Å². The molecule has 1 heteroatoms. The number of para-hydroxylation sites is 1. The van der Waals surface area contributed by atoms with Gasteiger partial charge in [-0.15, -0.1) is 0 Å². The maximum absolute atomic E-state index is 6.43. The number of hydrogen-bond donors (Lipinski definition) is 0. The molecule has 2 aliphatic rings. The van der Waals surface area contributed by atoms with Crippen LogP contribution in [0.15, 0.2) is 158 Å². The zero-order valence-corrected chi connectivity index (χ0v) is 26.9. The molecule has 0 bridgehead atoms. The highest BCUT2D eigenvalue weighted by Gasteiger charge is 2.35. The first kappa shape index (κ1) is 27.2. The first-order valence-corrected chi connectivity index (χ1v) is 16.8. The van der Waals surface area contributed by atoms with Gasteiger partial charge in [0.15, 0.2) is 0 Å². The van der Waals surface area contributed by atoms with Crippen molar-refractivity contribution >= 4 is 21.5 Å². The van der Waals surface area contributed by atoms with E-state index in [0.717, 1.165) is 17.1 Å². The highest BCUT2D eigenvalue weighted by Crippen LogP contribution is 2.50. The van der Waals surface area contributed by atoms with Crippen molar-refractivity contribution in [2.75, 3.05) is 0 Å². The van der Waals surface area contributed by atoms with Crippen LogP contribution in [0.5, 0.6) is 11.5 Å². The summed E-state index contributed by atoms with van der Waals surface area (Å²) >= 11 is 0. The standard InChI is InChI=1S/C47H32O/c1-47(2)42-18-5-3-14-36(42)37-23-22-34(27-43(37)47)32-13-8-11-30(25-32)29-10-7-12-31(24-29)33-20-21-35-28-45-46-39(16-9-17-40(46)41(35)26-33)38-15-4-6-19-44(38)48-45/h3-28H,1-2H3. The summed E-state index contributed by atoms with van der Waals surface area (Å²) in [7, 11) is 0. The molecule has 226 valence electrons. The molecule has 1 aliphatic heterocycles. The number of fused-ring (bicyclic) bond motifs is 7. The van der Waals surface area contributed by atoms with Crippen LogP contribution in [0, 0.1) is 0 Å². The van der Waals surface area contributed by atoms with E-state index in [2.05, 4.69) is 166 Å². The molecule has 10 rings (SSSR count). The van der Waals surface area contributed by atoms with E-state index in [4.69, 9.17) is 4.74 Å². The summed E-state index contributed by atoms with van der Waals surface area (Å²) < 4.78 is 6.43. The molecule has 1 aliphatic carbocycles. The monoisotopic (exact) mass is 612 g/mol. The predicted octanol–water partition coefficient (Wildman–Crippen LogP) is 13.1. The van der Waals surface area contributed by atoms with E-state index in [1.165, 1.54) is 82.7 Å². The van der Waals surface area contributed by atoms with E-state index >= 15 is 0 Å². The lowest BCUT2D eigenvalue weighted by Gasteiger charge is -2.22. The second-order valence-corrected chi connectivity index (χ2v) is 13.7. The van der Waals surface area contributed by atoms with Crippen molar-refractivity contribution in [1.82, 2.24) is 0 Å². The highest BCUT2D eigenvalue weighted by molar-refractivity contribution is 6.17. The normalized spacial score (nSPS) is 13.5. The van der Waals surface area contributed by atoms with Crippen LogP contribution >= 0.6 is 0 Å². The summed E-state index contributed by atoms with van der Waals surface area (Å²) in [6.45, 7) is 4.69. The van der Waals surface area contributed by atoms with Gasteiger partial charge >= 0.3 is 0 Å². The Bertz CT molecular complexity index is 2620. The zero-order chi connectivity index (χ0) is 32.0. The lowest BCUT2D eigenvalue weighted by Crippen LogP contribution is -2.14. The van der Waals surface area contributed by atoms with Gasteiger partial charge in [0.2, 0.25) is 0 Å². The molecule has 0 amide bonds. The molecule has 0 saturated carbocycles. The Kier molecular flexibility index (Phi) is 5.69. The van der Waals surface area contributed by atoms with Crippen LogP contribution in [0.25, 0.3) is 77.2 Å². The minimum atomic E-state index is -0.0172. The quantitative estimate of drug-likeness (QED) is 0.180. The van der Waals surface area contributed by atoms with Crippen molar-refractivity contribution in [1.29, 1.82) is 0 Å². The molecule has 0 atom stereocenters. The number of rotatable bonds is 3. The summed E-state index contributed by atoms with van der Waals surface area (Å²) in [5.74, 6) is 1.85. The Hall–Kier alpha value is -5.92. The van der Waals surface area contributed by atoms with Crippen molar-refractivity contribution in [3.05, 3.63) is 169 Å². The first-order chi connectivity index (χ1) is 23.5. The Morgan fingerprint density at radius 2 is 0.958 bits per heavy atom. The third-order valence-corrected chi connectivity index (χ3v) is 10.6. The van der Waals surface area contributed by atoms with Crippen molar-refractivity contribution in [3.8, 4) is 67.1 Å². The molecule has 0 fully saturated rings. The van der Waals surface area contributed by atoms with Crippen LogP contribution in [-0.4, -0.2) is 0 Å². The van der Waals surface area contributed by atoms with Gasteiger partial charge in [-0.1, -0.05) is 135 Å². The summed E-state index contributed by atoms with van der Waals surface area (Å²) in [4.78, 5) is 0. The van der Waals surface area contributed by atoms with Gasteiger partial charge in [0.1, 0.15) is 11.5 Å². The van der Waals surface area contributed by atoms with Gasteiger partial charge < -0.3 is 4.74 Å². The van der Waals surface area contributed by atoms with Crippen molar-refractivity contribution < 1.29 is 4.74 Å². The molecule has 0 radical (unpaired) electrons. The molecule has 8 aromatic rings. The first-order valence-electron chi connectivity index (χ1n) is 16.8. The van der Waals surface area contributed by atoms with E-state index in [9.17, 15) is 0 Å². The lowest BCUT2D eigenvalue weighted by molar-refractivity contribution is 0.487. The fourth-order valence-corrected chi connectivity index (χ4v) is 8.19. The molecule has 1 heterocycles. The third kappa shape index (κ3) is 3.98. The van der Waals surface area contributed by atoms with Gasteiger partial charge in [0, 0.05) is 16.4 Å². The number of benzene rings is 8. The van der Waals surface area contributed by atoms with Crippen LogP contribution in [0.2, 0.25) is 0 Å². The Labute approximate surface area is 280 Å². The van der Waals surface area contributed by atoms with Crippen LogP contribution in [0.3, 0.4) is 0 Å². The number of ether oxygens (including phenoxy) is 1. The number of hydrogen-bond acceptors (Lipinski definition) is 1. The highest BCUT2D eigenvalue weighted by atomic mass is 16.5. The molecule has 0 unspecified atom stereocenters. The van der Waals surface area contributed by atoms with E-state index in [0.29, 0.717) is 0 Å². The molecule has 0 aromatic heterocycles. The SMILES string of the molecule is CC1(C)c2ccccc2-c2ccc(-c3cccc(-c4cccc(-c5ccc6cc7c8c(cccc8c6c5)-c5ccccc5O7)c4)c3)cc21. The van der Waals surface area contributed by atoms with Gasteiger partial charge in [-0.2, -0.15) is 0 Å². The van der Waals surface area contributed by atoms with Crippen LogP contribution in [0.4, 0.5) is 0 Å². The third-order valence-electron chi connectivity index (χ3n) is 10.6. The van der Waals surface area contributed by atoms with E-state index in [1.54, 1.807) is 0 Å². The van der Waals surface area contributed by atoms with Crippen molar-refractivity contribution in [2.45, 2.75) is 19.3 Å². The molecule has 0 spiro atoms. The molecular formula is C47H32O. The summed E-state index contributed by atoms with van der Waals surface area (Å²) in [6, 6.07) is 57.7. The van der Waals surface area contributed by atoms with Crippen LogP contribution in [-0.2, 0) is 5.41 Å².